The molecule has 1 heterocycles. The molecule has 94 valence electrons. The van der Waals surface area contributed by atoms with E-state index in [1.807, 2.05) is 31.2 Å². The van der Waals surface area contributed by atoms with E-state index in [1.165, 1.54) is 6.33 Å². The summed E-state index contributed by atoms with van der Waals surface area (Å²) in [5, 5.41) is 0. The summed E-state index contributed by atoms with van der Waals surface area (Å²) in [5.74, 6) is 1.86. The fourth-order valence-corrected chi connectivity index (χ4v) is 1.83. The lowest BCUT2D eigenvalue weighted by Crippen LogP contribution is -2.02. The second-order valence-electron chi connectivity index (χ2n) is 3.96. The maximum Gasteiger partial charge on any atom is 0.227 e. The molecule has 1 aromatic heterocycles. The third-order valence-corrected chi connectivity index (χ3v) is 2.85. The molecule has 1 aromatic carbocycles. The van der Waals surface area contributed by atoms with Gasteiger partial charge in [-0.15, -0.1) is 0 Å². The van der Waals surface area contributed by atoms with Crippen LogP contribution >= 0.6 is 0 Å². The first-order valence-corrected chi connectivity index (χ1v) is 6.11. The fraction of sp³-hybridized carbons (Fsp3) is 0.286. The Morgan fingerprint density at radius 2 is 1.89 bits per heavy atom. The van der Waals surface area contributed by atoms with Crippen molar-refractivity contribution < 1.29 is 4.74 Å². The number of aromatic nitrogens is 2. The second kappa shape index (κ2) is 5.49. The van der Waals surface area contributed by atoms with Gasteiger partial charge in [-0.05, 0) is 24.5 Å². The Kier molecular flexibility index (Phi) is 3.77. The SMILES string of the molecule is CCc1ccccc1Oc1ncnc(N)c1CC. The monoisotopic (exact) mass is 243 g/mol. The van der Waals surface area contributed by atoms with Crippen molar-refractivity contribution in [2.75, 3.05) is 5.73 Å². The molecule has 0 radical (unpaired) electrons. The van der Waals surface area contributed by atoms with Crippen LogP contribution in [0.15, 0.2) is 30.6 Å². The first-order chi connectivity index (χ1) is 8.76. The highest BCUT2D eigenvalue weighted by Gasteiger charge is 2.11. The first kappa shape index (κ1) is 12.4. The largest absolute Gasteiger partial charge is 0.438 e. The van der Waals surface area contributed by atoms with Gasteiger partial charge in [0, 0.05) is 0 Å². The number of hydrogen-bond donors (Lipinski definition) is 1. The average Bonchev–Trinajstić information content (AvgIpc) is 2.40. The summed E-state index contributed by atoms with van der Waals surface area (Å²) in [6, 6.07) is 7.94. The van der Waals surface area contributed by atoms with E-state index in [9.17, 15) is 0 Å². The molecule has 4 nitrogen and oxygen atoms in total. The minimum Gasteiger partial charge on any atom is -0.438 e. The first-order valence-electron chi connectivity index (χ1n) is 6.11. The highest BCUT2D eigenvalue weighted by atomic mass is 16.5. The standard InChI is InChI=1S/C14H17N3O/c1-3-10-7-5-6-8-12(10)18-14-11(4-2)13(15)16-9-17-14/h5-9H,3-4H2,1-2H3,(H2,15,16,17). The maximum absolute atomic E-state index is 5.87. The van der Waals surface area contributed by atoms with Gasteiger partial charge in [0.25, 0.3) is 0 Å². The molecule has 2 rings (SSSR count). The number of anilines is 1. The Balaban J connectivity index is 2.37. The zero-order valence-corrected chi connectivity index (χ0v) is 10.7. The van der Waals surface area contributed by atoms with Gasteiger partial charge < -0.3 is 10.5 Å². The van der Waals surface area contributed by atoms with Gasteiger partial charge in [-0.3, -0.25) is 0 Å². The summed E-state index contributed by atoms with van der Waals surface area (Å²) in [5.41, 5.74) is 7.83. The Labute approximate surface area is 107 Å². The number of nitrogen functional groups attached to an aromatic ring is 1. The molecule has 0 aliphatic carbocycles. The van der Waals surface area contributed by atoms with Gasteiger partial charge in [-0.2, -0.15) is 0 Å². The molecular weight excluding hydrogens is 226 g/mol. The van der Waals surface area contributed by atoms with Crippen LogP contribution in [0.4, 0.5) is 5.82 Å². The summed E-state index contributed by atoms with van der Waals surface area (Å²) >= 11 is 0. The van der Waals surface area contributed by atoms with Crippen LogP contribution in [0.25, 0.3) is 0 Å². The number of nitrogens with two attached hydrogens (primary N) is 1. The second-order valence-corrected chi connectivity index (χ2v) is 3.96. The van der Waals surface area contributed by atoms with E-state index in [1.54, 1.807) is 0 Å². The fourth-order valence-electron chi connectivity index (χ4n) is 1.83. The molecule has 2 aromatic rings. The van der Waals surface area contributed by atoms with E-state index in [-0.39, 0.29) is 0 Å². The summed E-state index contributed by atoms with van der Waals surface area (Å²) < 4.78 is 5.87. The van der Waals surface area contributed by atoms with Gasteiger partial charge in [0.05, 0.1) is 5.56 Å². The molecule has 0 aliphatic rings. The third-order valence-electron chi connectivity index (χ3n) is 2.85. The van der Waals surface area contributed by atoms with Crippen molar-refractivity contribution in [3.8, 4) is 11.6 Å². The van der Waals surface area contributed by atoms with Crippen LogP contribution in [0, 0.1) is 0 Å². The minimum absolute atomic E-state index is 0.483. The van der Waals surface area contributed by atoms with E-state index in [0.717, 1.165) is 29.7 Å². The number of para-hydroxylation sites is 1. The van der Waals surface area contributed by atoms with Crippen LogP contribution in [0.1, 0.15) is 25.0 Å². The zero-order valence-electron chi connectivity index (χ0n) is 10.7. The van der Waals surface area contributed by atoms with Crippen LogP contribution in [0.5, 0.6) is 11.6 Å². The Morgan fingerprint density at radius 3 is 2.61 bits per heavy atom. The van der Waals surface area contributed by atoms with Gasteiger partial charge in [0.15, 0.2) is 0 Å². The van der Waals surface area contributed by atoms with Crippen molar-refractivity contribution >= 4 is 5.82 Å². The summed E-state index contributed by atoms with van der Waals surface area (Å²) in [4.78, 5) is 8.15. The Morgan fingerprint density at radius 1 is 1.11 bits per heavy atom. The van der Waals surface area contributed by atoms with Gasteiger partial charge in [0.2, 0.25) is 5.88 Å². The number of aryl methyl sites for hydroxylation is 1. The molecule has 18 heavy (non-hydrogen) atoms. The van der Waals surface area contributed by atoms with Crippen molar-refractivity contribution in [1.29, 1.82) is 0 Å². The van der Waals surface area contributed by atoms with Gasteiger partial charge in [-0.25, -0.2) is 9.97 Å². The molecule has 0 unspecified atom stereocenters. The normalized spacial score (nSPS) is 10.3. The van der Waals surface area contributed by atoms with E-state index >= 15 is 0 Å². The van der Waals surface area contributed by atoms with Crippen LogP contribution in [0.3, 0.4) is 0 Å². The molecule has 4 heteroatoms. The molecule has 0 saturated carbocycles. The third kappa shape index (κ3) is 2.42. The van der Waals surface area contributed by atoms with Crippen molar-refractivity contribution in [2.45, 2.75) is 26.7 Å². The number of rotatable bonds is 4. The quantitative estimate of drug-likeness (QED) is 0.896. The minimum atomic E-state index is 0.483. The number of ether oxygens (including phenoxy) is 1. The van der Waals surface area contributed by atoms with Gasteiger partial charge in [-0.1, -0.05) is 32.0 Å². The van der Waals surface area contributed by atoms with Crippen molar-refractivity contribution in [1.82, 2.24) is 9.97 Å². The Bertz CT molecular complexity index is 540. The summed E-state index contributed by atoms with van der Waals surface area (Å²) in [6.45, 7) is 4.10. The number of nitrogens with zero attached hydrogens (tertiary/aromatic N) is 2. The molecule has 0 spiro atoms. The van der Waals surface area contributed by atoms with Crippen LogP contribution < -0.4 is 10.5 Å². The smallest absolute Gasteiger partial charge is 0.227 e. The molecule has 0 saturated heterocycles. The van der Waals surface area contributed by atoms with Crippen LogP contribution in [0.2, 0.25) is 0 Å². The molecule has 0 atom stereocenters. The van der Waals surface area contributed by atoms with E-state index < -0.39 is 0 Å². The summed E-state index contributed by atoms with van der Waals surface area (Å²) in [7, 11) is 0. The lowest BCUT2D eigenvalue weighted by Gasteiger charge is -2.12. The predicted molar refractivity (Wildman–Crippen MR) is 71.7 cm³/mol. The molecular formula is C14H17N3O. The van der Waals surface area contributed by atoms with Crippen LogP contribution in [-0.4, -0.2) is 9.97 Å². The van der Waals surface area contributed by atoms with Crippen molar-refractivity contribution in [3.05, 3.63) is 41.7 Å². The Hall–Kier alpha value is -2.10. The maximum atomic E-state index is 5.87. The van der Waals surface area contributed by atoms with Gasteiger partial charge in [0.1, 0.15) is 17.9 Å². The summed E-state index contributed by atoms with van der Waals surface area (Å²) in [6.07, 6.45) is 3.09. The molecule has 0 bridgehead atoms. The van der Waals surface area contributed by atoms with E-state index in [2.05, 4.69) is 16.9 Å². The molecule has 0 amide bonds. The van der Waals surface area contributed by atoms with Crippen LogP contribution in [-0.2, 0) is 12.8 Å². The van der Waals surface area contributed by atoms with E-state index in [0.29, 0.717) is 11.7 Å². The van der Waals surface area contributed by atoms with E-state index in [4.69, 9.17) is 10.5 Å². The van der Waals surface area contributed by atoms with Gasteiger partial charge >= 0.3 is 0 Å². The topological polar surface area (TPSA) is 61.0 Å². The highest BCUT2D eigenvalue weighted by Crippen LogP contribution is 2.28. The number of hydrogen-bond acceptors (Lipinski definition) is 4. The zero-order chi connectivity index (χ0) is 13.0. The average molecular weight is 243 g/mol. The van der Waals surface area contributed by atoms with Crippen molar-refractivity contribution in [2.24, 2.45) is 0 Å². The number of benzene rings is 1. The molecule has 0 fully saturated rings. The van der Waals surface area contributed by atoms with Crippen molar-refractivity contribution in [3.63, 3.8) is 0 Å². The molecule has 0 aliphatic heterocycles. The molecule has 2 N–H and O–H groups in total. The lowest BCUT2D eigenvalue weighted by molar-refractivity contribution is 0.450. The lowest BCUT2D eigenvalue weighted by atomic mass is 10.1. The highest BCUT2D eigenvalue weighted by molar-refractivity contribution is 5.47. The predicted octanol–water partition coefficient (Wildman–Crippen LogP) is 2.98.